The number of allylic oxidation sites excluding steroid dienone is 3. The van der Waals surface area contributed by atoms with E-state index < -0.39 is 33.9 Å². The van der Waals surface area contributed by atoms with E-state index in [1.165, 1.54) is 59.0 Å². The van der Waals surface area contributed by atoms with Crippen molar-refractivity contribution in [2.24, 2.45) is 0 Å². The highest BCUT2D eigenvalue weighted by molar-refractivity contribution is 14.1. The van der Waals surface area contributed by atoms with Crippen LogP contribution < -0.4 is 5.32 Å². The quantitative estimate of drug-likeness (QED) is 0.284. The lowest BCUT2D eigenvalue weighted by molar-refractivity contribution is -0.136. The molecule has 34 heavy (non-hydrogen) atoms. The summed E-state index contributed by atoms with van der Waals surface area (Å²) in [6.07, 6.45) is 6.67. The van der Waals surface area contributed by atoms with Gasteiger partial charge in [0, 0.05) is 17.7 Å². The van der Waals surface area contributed by atoms with Crippen LogP contribution in [0.3, 0.4) is 0 Å². The SMILES string of the molecule is CC12CC(O)=CC=C1C(c1c(NC(=O)C(F)(F)CI)cccc1C(=O)O)=C1C=CC(O)=CC1O2. The molecule has 2 unspecified atom stereocenters. The van der Waals surface area contributed by atoms with Crippen molar-refractivity contribution in [3.05, 3.63) is 82.4 Å². The highest BCUT2D eigenvalue weighted by Gasteiger charge is 2.45. The maximum Gasteiger partial charge on any atom is 0.336 e. The normalized spacial score (nSPS) is 23.9. The minimum absolute atomic E-state index is 0.0302. The number of carbonyl (C=O) groups excluding carboxylic acids is 1. The second-order valence-corrected chi connectivity index (χ2v) is 9.03. The lowest BCUT2D eigenvalue weighted by Gasteiger charge is -2.44. The number of benzene rings is 1. The lowest BCUT2D eigenvalue weighted by atomic mass is 9.73. The number of alkyl halides is 3. The number of hydrogen-bond donors (Lipinski definition) is 4. The van der Waals surface area contributed by atoms with Gasteiger partial charge in [0.25, 0.3) is 5.91 Å². The van der Waals surface area contributed by atoms with E-state index in [2.05, 4.69) is 5.32 Å². The number of hydrogen-bond acceptors (Lipinski definition) is 5. The van der Waals surface area contributed by atoms with Gasteiger partial charge < -0.3 is 25.4 Å². The smallest absolute Gasteiger partial charge is 0.336 e. The number of aliphatic hydroxyl groups is 2. The monoisotopic (exact) mass is 583 g/mol. The zero-order valence-electron chi connectivity index (χ0n) is 17.8. The molecule has 0 radical (unpaired) electrons. The average Bonchev–Trinajstić information content (AvgIpc) is 2.76. The predicted molar refractivity (Wildman–Crippen MR) is 129 cm³/mol. The molecule has 1 heterocycles. The van der Waals surface area contributed by atoms with Gasteiger partial charge in [0.1, 0.15) is 11.9 Å². The van der Waals surface area contributed by atoms with E-state index in [-0.39, 0.29) is 34.8 Å². The Bertz CT molecular complexity index is 1250. The summed E-state index contributed by atoms with van der Waals surface area (Å²) >= 11 is 1.40. The molecule has 0 bridgehead atoms. The number of carboxylic acids is 1. The van der Waals surface area contributed by atoms with Gasteiger partial charge in [0.05, 0.1) is 21.4 Å². The Hall–Kier alpha value is -2.99. The maximum absolute atomic E-state index is 14.1. The van der Waals surface area contributed by atoms with Crippen molar-refractivity contribution in [2.45, 2.75) is 31.0 Å². The topological polar surface area (TPSA) is 116 Å². The fraction of sp³-hybridized carbons (Fsp3) is 0.250. The molecule has 0 spiro atoms. The predicted octanol–water partition coefficient (Wildman–Crippen LogP) is 5.09. The summed E-state index contributed by atoms with van der Waals surface area (Å²) < 4.78 is 33.6. The van der Waals surface area contributed by atoms with Crippen LogP contribution in [0.2, 0.25) is 0 Å². The zero-order valence-corrected chi connectivity index (χ0v) is 20.0. The number of carbonyl (C=O) groups is 2. The highest BCUT2D eigenvalue weighted by Crippen LogP contribution is 2.50. The summed E-state index contributed by atoms with van der Waals surface area (Å²) in [6, 6.07) is 4.03. The van der Waals surface area contributed by atoms with Gasteiger partial charge >= 0.3 is 11.9 Å². The third-order valence-electron chi connectivity index (χ3n) is 5.83. The molecule has 4 N–H and O–H groups in total. The molecule has 1 aromatic carbocycles. The Morgan fingerprint density at radius 1 is 1.26 bits per heavy atom. The number of ether oxygens (including phenoxy) is 1. The van der Waals surface area contributed by atoms with Crippen LogP contribution in [0.5, 0.6) is 0 Å². The number of amides is 1. The molecule has 2 atom stereocenters. The molecular formula is C24H20F2INO6. The van der Waals surface area contributed by atoms with Crippen molar-refractivity contribution in [1.82, 2.24) is 0 Å². The second kappa shape index (κ2) is 8.66. The molecule has 7 nitrogen and oxygen atoms in total. The fourth-order valence-corrected chi connectivity index (χ4v) is 4.64. The van der Waals surface area contributed by atoms with Gasteiger partial charge in [-0.1, -0.05) is 40.8 Å². The number of aliphatic hydroxyl groups excluding tert-OH is 2. The van der Waals surface area contributed by atoms with Crippen molar-refractivity contribution >= 4 is 45.7 Å². The summed E-state index contributed by atoms with van der Waals surface area (Å²) in [5.74, 6) is -6.58. The minimum atomic E-state index is -3.67. The first-order chi connectivity index (χ1) is 16.0. The van der Waals surface area contributed by atoms with Gasteiger partial charge in [0.2, 0.25) is 0 Å². The first kappa shape index (κ1) is 24.1. The minimum Gasteiger partial charge on any atom is -0.512 e. The molecule has 3 aliphatic rings. The van der Waals surface area contributed by atoms with Crippen molar-refractivity contribution in [3.63, 3.8) is 0 Å². The summed E-state index contributed by atoms with van der Waals surface area (Å²) in [7, 11) is 0. The number of halogens is 3. The van der Waals surface area contributed by atoms with Crippen LogP contribution in [0.1, 0.15) is 29.3 Å². The zero-order chi connectivity index (χ0) is 24.8. The van der Waals surface area contributed by atoms with Crippen LogP contribution >= 0.6 is 22.6 Å². The number of fused-ring (bicyclic) bond motifs is 2. The standard InChI is InChI=1S/C24H20F2INO6/c1-23-10-13(30)6-8-16(23)19(14-7-5-12(29)9-18(14)34-23)20-15(21(31)32)3-2-4-17(20)28-22(33)24(25,26)11-27/h2-9,18,29-30H,10-11H2,1H3,(H,28,33)(H,31,32). The van der Waals surface area contributed by atoms with Gasteiger partial charge in [-0.3, -0.25) is 4.79 Å². The summed E-state index contributed by atoms with van der Waals surface area (Å²) in [5, 5.41) is 32.3. The van der Waals surface area contributed by atoms with E-state index in [0.717, 1.165) is 0 Å². The van der Waals surface area contributed by atoms with E-state index >= 15 is 0 Å². The molecular weight excluding hydrogens is 563 g/mol. The number of aromatic carboxylic acids is 1. The number of nitrogens with one attached hydrogen (secondary N) is 1. The van der Waals surface area contributed by atoms with Gasteiger partial charge in [0.15, 0.2) is 0 Å². The first-order valence-electron chi connectivity index (χ1n) is 10.2. The molecule has 1 aliphatic heterocycles. The maximum atomic E-state index is 14.1. The third-order valence-corrected chi connectivity index (χ3v) is 6.79. The van der Waals surface area contributed by atoms with Crippen molar-refractivity contribution in [2.75, 3.05) is 9.74 Å². The molecule has 1 amide bonds. The van der Waals surface area contributed by atoms with Crippen LogP contribution in [0.15, 0.2) is 71.2 Å². The van der Waals surface area contributed by atoms with E-state index in [1.807, 2.05) is 0 Å². The van der Waals surface area contributed by atoms with Crippen molar-refractivity contribution < 1.29 is 38.4 Å². The first-order valence-corrected chi connectivity index (χ1v) is 11.7. The van der Waals surface area contributed by atoms with Gasteiger partial charge in [-0.15, -0.1) is 0 Å². The number of anilines is 1. The molecule has 0 saturated heterocycles. The largest absolute Gasteiger partial charge is 0.512 e. The third kappa shape index (κ3) is 4.16. The molecule has 2 aliphatic carbocycles. The van der Waals surface area contributed by atoms with Gasteiger partial charge in [-0.2, -0.15) is 8.78 Å². The molecule has 4 rings (SSSR count). The van der Waals surface area contributed by atoms with Crippen molar-refractivity contribution in [1.29, 1.82) is 0 Å². The van der Waals surface area contributed by atoms with Crippen LogP contribution in [0, 0.1) is 0 Å². The fourth-order valence-electron chi connectivity index (χ4n) is 4.30. The molecule has 0 saturated carbocycles. The lowest BCUT2D eigenvalue weighted by Crippen LogP contribution is -2.43. The second-order valence-electron chi connectivity index (χ2n) is 8.27. The molecule has 0 fully saturated rings. The Labute approximate surface area is 206 Å². The Balaban J connectivity index is 2.02. The van der Waals surface area contributed by atoms with Crippen molar-refractivity contribution in [3.8, 4) is 0 Å². The van der Waals surface area contributed by atoms with Crippen LogP contribution in [-0.2, 0) is 9.53 Å². The van der Waals surface area contributed by atoms with E-state index in [1.54, 1.807) is 19.1 Å². The van der Waals surface area contributed by atoms with Crippen LogP contribution in [-0.4, -0.2) is 49.3 Å². The van der Waals surface area contributed by atoms with Gasteiger partial charge in [-0.25, -0.2) is 4.79 Å². The highest BCUT2D eigenvalue weighted by atomic mass is 127. The molecule has 1 aromatic rings. The Kier molecular flexibility index (Phi) is 6.15. The molecule has 178 valence electrons. The summed E-state index contributed by atoms with van der Waals surface area (Å²) in [5.41, 5.74) is -0.0819. The van der Waals surface area contributed by atoms with Crippen LogP contribution in [0.4, 0.5) is 14.5 Å². The average molecular weight is 583 g/mol. The molecule has 10 heteroatoms. The van der Waals surface area contributed by atoms with Gasteiger partial charge in [-0.05, 0) is 54.0 Å². The van der Waals surface area contributed by atoms with E-state index in [0.29, 0.717) is 16.7 Å². The number of rotatable bonds is 5. The van der Waals surface area contributed by atoms with E-state index in [9.17, 15) is 33.7 Å². The van der Waals surface area contributed by atoms with E-state index in [4.69, 9.17) is 4.74 Å². The molecule has 0 aromatic heterocycles. The number of carboxylic acid groups (broad SMARTS) is 1. The van der Waals surface area contributed by atoms with Crippen LogP contribution in [0.25, 0.3) is 5.57 Å². The Morgan fingerprint density at radius 3 is 2.68 bits per heavy atom. The summed E-state index contributed by atoms with van der Waals surface area (Å²) in [6.45, 7) is 1.70. The Morgan fingerprint density at radius 2 is 2.00 bits per heavy atom. The summed E-state index contributed by atoms with van der Waals surface area (Å²) in [4.78, 5) is 24.5.